The second-order valence-electron chi connectivity index (χ2n) is 5.75. The molecule has 0 saturated heterocycles. The number of rotatable bonds is 7. The lowest BCUT2D eigenvalue weighted by Crippen LogP contribution is -2.45. The summed E-state index contributed by atoms with van der Waals surface area (Å²) >= 11 is 0. The summed E-state index contributed by atoms with van der Waals surface area (Å²) in [5, 5.41) is 13.3. The van der Waals surface area contributed by atoms with Gasteiger partial charge in [0.1, 0.15) is 0 Å². The van der Waals surface area contributed by atoms with E-state index in [0.29, 0.717) is 6.54 Å². The van der Waals surface area contributed by atoms with Crippen LogP contribution >= 0.6 is 0 Å². The Morgan fingerprint density at radius 2 is 1.94 bits per heavy atom. The number of amides is 1. The third-order valence-electron chi connectivity index (χ3n) is 4.15. The molecule has 18 heavy (non-hydrogen) atoms. The van der Waals surface area contributed by atoms with Crippen molar-refractivity contribution in [2.24, 2.45) is 5.92 Å². The molecule has 1 saturated carbocycles. The van der Waals surface area contributed by atoms with E-state index in [1.807, 2.05) is 0 Å². The van der Waals surface area contributed by atoms with Gasteiger partial charge in [-0.05, 0) is 25.7 Å². The van der Waals surface area contributed by atoms with E-state index in [9.17, 15) is 9.90 Å². The molecular weight excluding hydrogens is 226 g/mol. The molecule has 1 unspecified atom stereocenters. The number of carbonyl (C=O) groups excluding carboxylic acids is 1. The highest BCUT2D eigenvalue weighted by Crippen LogP contribution is 2.27. The van der Waals surface area contributed by atoms with Crippen LogP contribution < -0.4 is 5.32 Å². The Morgan fingerprint density at radius 1 is 1.28 bits per heavy atom. The van der Waals surface area contributed by atoms with Crippen molar-refractivity contribution in [3.63, 3.8) is 0 Å². The molecule has 1 amide bonds. The van der Waals surface area contributed by atoms with Crippen LogP contribution in [0.2, 0.25) is 0 Å². The summed E-state index contributed by atoms with van der Waals surface area (Å²) in [6.07, 6.45) is 9.15. The van der Waals surface area contributed by atoms with Gasteiger partial charge in [-0.1, -0.05) is 46.0 Å². The number of aliphatic hydroxyl groups is 1. The molecule has 0 heterocycles. The molecule has 0 bridgehead atoms. The van der Waals surface area contributed by atoms with E-state index in [4.69, 9.17) is 0 Å². The van der Waals surface area contributed by atoms with Crippen molar-refractivity contribution >= 4 is 5.91 Å². The van der Waals surface area contributed by atoms with Crippen LogP contribution in [-0.4, -0.2) is 23.2 Å². The normalized spacial score (nSPS) is 20.4. The van der Waals surface area contributed by atoms with Gasteiger partial charge in [-0.3, -0.25) is 4.79 Å². The van der Waals surface area contributed by atoms with Gasteiger partial charge in [0.25, 0.3) is 0 Å². The summed E-state index contributed by atoms with van der Waals surface area (Å²) in [4.78, 5) is 12.0. The summed E-state index contributed by atoms with van der Waals surface area (Å²) in [6, 6.07) is 0. The maximum Gasteiger partial charge on any atom is 0.223 e. The highest BCUT2D eigenvalue weighted by atomic mass is 16.3. The summed E-state index contributed by atoms with van der Waals surface area (Å²) in [5.41, 5.74) is -0.642. The van der Waals surface area contributed by atoms with Crippen molar-refractivity contribution in [3.8, 4) is 0 Å². The van der Waals surface area contributed by atoms with Crippen LogP contribution in [0.4, 0.5) is 0 Å². The van der Waals surface area contributed by atoms with E-state index in [1.165, 1.54) is 6.42 Å². The first-order valence-electron chi connectivity index (χ1n) is 7.61. The largest absolute Gasteiger partial charge is 0.388 e. The van der Waals surface area contributed by atoms with E-state index in [-0.39, 0.29) is 11.8 Å². The van der Waals surface area contributed by atoms with E-state index < -0.39 is 5.60 Å². The van der Waals surface area contributed by atoms with Crippen molar-refractivity contribution in [1.82, 2.24) is 5.32 Å². The average Bonchev–Trinajstić information content (AvgIpc) is 2.38. The van der Waals surface area contributed by atoms with E-state index >= 15 is 0 Å². The van der Waals surface area contributed by atoms with Gasteiger partial charge >= 0.3 is 0 Å². The fraction of sp³-hybridized carbons (Fsp3) is 0.933. The molecule has 1 aliphatic carbocycles. The smallest absolute Gasteiger partial charge is 0.223 e. The molecule has 0 spiro atoms. The van der Waals surface area contributed by atoms with Gasteiger partial charge in [-0.25, -0.2) is 0 Å². The van der Waals surface area contributed by atoms with Crippen molar-refractivity contribution in [1.29, 1.82) is 0 Å². The van der Waals surface area contributed by atoms with E-state index in [2.05, 4.69) is 19.2 Å². The second kappa shape index (κ2) is 7.78. The lowest BCUT2D eigenvalue weighted by atomic mass is 9.84. The van der Waals surface area contributed by atoms with Gasteiger partial charge in [-0.2, -0.15) is 0 Å². The van der Waals surface area contributed by atoms with E-state index in [1.54, 1.807) is 0 Å². The summed E-state index contributed by atoms with van der Waals surface area (Å²) in [5.74, 6) is 0.252. The minimum absolute atomic E-state index is 0.122. The topological polar surface area (TPSA) is 49.3 Å². The summed E-state index contributed by atoms with van der Waals surface area (Å²) in [7, 11) is 0. The van der Waals surface area contributed by atoms with Crippen LogP contribution in [0, 0.1) is 5.92 Å². The van der Waals surface area contributed by atoms with Crippen molar-refractivity contribution in [2.75, 3.05) is 6.54 Å². The van der Waals surface area contributed by atoms with Crippen LogP contribution in [0.15, 0.2) is 0 Å². The Hall–Kier alpha value is -0.570. The predicted molar refractivity (Wildman–Crippen MR) is 74.4 cm³/mol. The minimum atomic E-state index is -0.642. The molecular formula is C15H29NO2. The molecule has 0 aromatic rings. The van der Waals surface area contributed by atoms with Crippen LogP contribution in [-0.2, 0) is 4.79 Å². The lowest BCUT2D eigenvalue weighted by Gasteiger charge is -2.32. The Balaban J connectivity index is 2.33. The first kappa shape index (κ1) is 15.5. The van der Waals surface area contributed by atoms with Crippen molar-refractivity contribution in [3.05, 3.63) is 0 Å². The standard InChI is InChI=1S/C15H29NO2/c1-3-5-9-13(4-2)14(17)16-12-15(18)10-7-6-8-11-15/h13,18H,3-12H2,1-2H3,(H,16,17). The van der Waals surface area contributed by atoms with E-state index in [0.717, 1.165) is 51.4 Å². The highest BCUT2D eigenvalue weighted by molar-refractivity contribution is 5.78. The molecule has 2 N–H and O–H groups in total. The average molecular weight is 255 g/mol. The first-order valence-corrected chi connectivity index (χ1v) is 7.61. The van der Waals surface area contributed by atoms with Crippen LogP contribution in [0.1, 0.15) is 71.6 Å². The predicted octanol–water partition coefficient (Wildman–Crippen LogP) is 3.01. The molecule has 3 heteroatoms. The Labute approximate surface area is 111 Å². The highest BCUT2D eigenvalue weighted by Gasteiger charge is 2.30. The molecule has 0 radical (unpaired) electrons. The molecule has 0 aromatic carbocycles. The Kier molecular flexibility index (Phi) is 6.69. The maximum absolute atomic E-state index is 12.0. The molecule has 0 aromatic heterocycles. The fourth-order valence-electron chi connectivity index (χ4n) is 2.75. The zero-order chi connectivity index (χ0) is 13.4. The van der Waals surface area contributed by atoms with Gasteiger partial charge in [0.15, 0.2) is 0 Å². The van der Waals surface area contributed by atoms with Crippen molar-refractivity contribution in [2.45, 2.75) is 77.2 Å². The van der Waals surface area contributed by atoms with Crippen LogP contribution in [0.25, 0.3) is 0 Å². The minimum Gasteiger partial charge on any atom is -0.388 e. The zero-order valence-corrected chi connectivity index (χ0v) is 12.0. The molecule has 3 nitrogen and oxygen atoms in total. The second-order valence-corrected chi connectivity index (χ2v) is 5.75. The summed E-state index contributed by atoms with van der Waals surface area (Å²) in [6.45, 7) is 4.65. The zero-order valence-electron chi connectivity index (χ0n) is 12.0. The molecule has 1 rings (SSSR count). The molecule has 1 fully saturated rings. The van der Waals surface area contributed by atoms with Gasteiger partial charge in [-0.15, -0.1) is 0 Å². The molecule has 106 valence electrons. The number of unbranched alkanes of at least 4 members (excludes halogenated alkanes) is 1. The number of hydrogen-bond donors (Lipinski definition) is 2. The van der Waals surface area contributed by atoms with Gasteiger partial charge in [0.05, 0.1) is 5.60 Å². The van der Waals surface area contributed by atoms with Crippen molar-refractivity contribution < 1.29 is 9.90 Å². The van der Waals surface area contributed by atoms with Gasteiger partial charge in [0.2, 0.25) is 5.91 Å². The van der Waals surface area contributed by atoms with Crippen LogP contribution in [0.5, 0.6) is 0 Å². The maximum atomic E-state index is 12.0. The quantitative estimate of drug-likeness (QED) is 0.734. The molecule has 0 aliphatic heterocycles. The van der Waals surface area contributed by atoms with Gasteiger partial charge < -0.3 is 10.4 Å². The monoisotopic (exact) mass is 255 g/mol. The lowest BCUT2D eigenvalue weighted by molar-refractivity contribution is -0.127. The Morgan fingerprint density at radius 3 is 2.50 bits per heavy atom. The summed E-state index contributed by atoms with van der Waals surface area (Å²) < 4.78 is 0. The van der Waals surface area contributed by atoms with Crippen LogP contribution in [0.3, 0.4) is 0 Å². The third-order valence-corrected chi connectivity index (χ3v) is 4.15. The first-order chi connectivity index (χ1) is 8.61. The number of carbonyl (C=O) groups is 1. The SMILES string of the molecule is CCCCC(CC)C(=O)NCC1(O)CCCCC1. The molecule has 1 aliphatic rings. The molecule has 1 atom stereocenters. The number of nitrogens with one attached hydrogen (secondary N) is 1. The van der Waals surface area contributed by atoms with Gasteiger partial charge in [0, 0.05) is 12.5 Å². The third kappa shape index (κ3) is 4.97. The fourth-order valence-corrected chi connectivity index (χ4v) is 2.75. The number of hydrogen-bond acceptors (Lipinski definition) is 2. The Bertz CT molecular complexity index is 247.